The number of amides is 1. The molecule has 1 aromatic heterocycles. The third kappa shape index (κ3) is 3.44. The van der Waals surface area contributed by atoms with Crippen LogP contribution in [0.2, 0.25) is 5.02 Å². The summed E-state index contributed by atoms with van der Waals surface area (Å²) >= 11 is 7.61. The normalized spacial score (nSPS) is 11.8. The van der Waals surface area contributed by atoms with Gasteiger partial charge in [0.15, 0.2) is 4.80 Å². The molecule has 0 aliphatic carbocycles. The van der Waals surface area contributed by atoms with E-state index in [-0.39, 0.29) is 12.3 Å². The molecule has 23 heavy (non-hydrogen) atoms. The maximum atomic E-state index is 12.3. The van der Waals surface area contributed by atoms with Crippen molar-refractivity contribution in [2.24, 2.45) is 4.99 Å². The zero-order chi connectivity index (χ0) is 16.2. The Labute approximate surface area is 143 Å². The first-order valence-electron chi connectivity index (χ1n) is 7.19. The predicted molar refractivity (Wildman–Crippen MR) is 95.7 cm³/mol. The summed E-state index contributed by atoms with van der Waals surface area (Å²) in [6, 6.07) is 15.3. The molecule has 1 heterocycles. The van der Waals surface area contributed by atoms with Crippen LogP contribution in [-0.2, 0) is 17.8 Å². The molecule has 0 saturated carbocycles. The number of para-hydroxylation sites is 1. The van der Waals surface area contributed by atoms with Crippen molar-refractivity contribution in [1.82, 2.24) is 4.57 Å². The number of benzene rings is 2. The van der Waals surface area contributed by atoms with Gasteiger partial charge in [0.1, 0.15) is 0 Å². The van der Waals surface area contributed by atoms with Crippen LogP contribution in [0.15, 0.2) is 66.2 Å². The highest BCUT2D eigenvalue weighted by atomic mass is 35.5. The molecule has 2 aromatic carbocycles. The predicted octanol–water partition coefficient (Wildman–Crippen LogP) is 4.21. The Hall–Kier alpha value is -2.17. The van der Waals surface area contributed by atoms with Crippen molar-refractivity contribution in [3.8, 4) is 0 Å². The molecule has 0 unspecified atom stereocenters. The molecule has 3 nitrogen and oxygen atoms in total. The first-order valence-corrected chi connectivity index (χ1v) is 8.38. The fraction of sp³-hybridized carbons (Fsp3) is 0.111. The SMILES string of the molecule is C=CCn1c(=NC(=O)Cc2ccccc2Cl)sc2ccccc21. The molecular formula is C18H15ClN2OS. The zero-order valence-corrected chi connectivity index (χ0v) is 14.0. The monoisotopic (exact) mass is 342 g/mol. The van der Waals surface area contributed by atoms with Gasteiger partial charge in [-0.25, -0.2) is 0 Å². The zero-order valence-electron chi connectivity index (χ0n) is 12.4. The maximum absolute atomic E-state index is 12.3. The Kier molecular flexibility index (Phi) is 4.74. The number of allylic oxidation sites excluding steroid dienone is 1. The molecule has 5 heteroatoms. The van der Waals surface area contributed by atoms with E-state index in [1.165, 1.54) is 11.3 Å². The minimum atomic E-state index is -0.206. The van der Waals surface area contributed by atoms with Gasteiger partial charge in [0.2, 0.25) is 0 Å². The first-order chi connectivity index (χ1) is 11.2. The third-order valence-electron chi connectivity index (χ3n) is 3.42. The number of halogens is 1. The molecule has 0 atom stereocenters. The summed E-state index contributed by atoms with van der Waals surface area (Å²) in [5.74, 6) is -0.206. The second-order valence-electron chi connectivity index (χ2n) is 5.03. The smallest absolute Gasteiger partial charge is 0.252 e. The number of carbonyl (C=O) groups excluding carboxylic acids is 1. The molecule has 0 spiro atoms. The number of nitrogens with zero attached hydrogens (tertiary/aromatic N) is 2. The van der Waals surface area contributed by atoms with Crippen LogP contribution in [0.25, 0.3) is 10.2 Å². The van der Waals surface area contributed by atoms with Gasteiger partial charge in [-0.1, -0.05) is 59.3 Å². The molecule has 0 N–H and O–H groups in total. The lowest BCUT2D eigenvalue weighted by Crippen LogP contribution is -2.17. The van der Waals surface area contributed by atoms with Crippen molar-refractivity contribution in [3.63, 3.8) is 0 Å². The van der Waals surface area contributed by atoms with Crippen molar-refractivity contribution in [3.05, 3.63) is 76.6 Å². The second-order valence-corrected chi connectivity index (χ2v) is 6.44. The Bertz CT molecular complexity index is 939. The Morgan fingerprint density at radius 1 is 1.22 bits per heavy atom. The molecule has 3 aromatic rings. The van der Waals surface area contributed by atoms with Crippen LogP contribution in [0, 0.1) is 0 Å². The number of hydrogen-bond donors (Lipinski definition) is 0. The van der Waals surface area contributed by atoms with E-state index in [0.29, 0.717) is 16.4 Å². The van der Waals surface area contributed by atoms with E-state index >= 15 is 0 Å². The Morgan fingerprint density at radius 2 is 1.96 bits per heavy atom. The van der Waals surface area contributed by atoms with Gasteiger partial charge in [-0.05, 0) is 23.8 Å². The lowest BCUT2D eigenvalue weighted by molar-refractivity contribution is -0.117. The summed E-state index contributed by atoms with van der Waals surface area (Å²) < 4.78 is 3.09. The molecule has 0 bridgehead atoms. The number of aromatic nitrogens is 1. The van der Waals surface area contributed by atoms with Crippen LogP contribution in [0.3, 0.4) is 0 Å². The number of fused-ring (bicyclic) bond motifs is 1. The summed E-state index contributed by atoms with van der Waals surface area (Å²) in [4.78, 5) is 17.3. The van der Waals surface area contributed by atoms with Crippen molar-refractivity contribution in [1.29, 1.82) is 0 Å². The van der Waals surface area contributed by atoms with Gasteiger partial charge in [-0.3, -0.25) is 4.79 Å². The van der Waals surface area contributed by atoms with E-state index in [1.54, 1.807) is 12.1 Å². The van der Waals surface area contributed by atoms with Crippen LogP contribution >= 0.6 is 22.9 Å². The van der Waals surface area contributed by atoms with E-state index in [4.69, 9.17) is 11.6 Å². The van der Waals surface area contributed by atoms with Gasteiger partial charge in [-0.15, -0.1) is 6.58 Å². The van der Waals surface area contributed by atoms with Crippen LogP contribution in [-0.4, -0.2) is 10.5 Å². The maximum Gasteiger partial charge on any atom is 0.252 e. The standard InChI is InChI=1S/C18H15ClN2OS/c1-2-11-21-15-9-5-6-10-16(15)23-18(21)20-17(22)12-13-7-3-4-8-14(13)19/h2-10H,1,11-12H2. The minimum absolute atomic E-state index is 0.196. The van der Waals surface area contributed by atoms with Crippen molar-refractivity contribution in [2.45, 2.75) is 13.0 Å². The average molecular weight is 343 g/mol. The highest BCUT2D eigenvalue weighted by Crippen LogP contribution is 2.18. The Morgan fingerprint density at radius 3 is 2.74 bits per heavy atom. The van der Waals surface area contributed by atoms with E-state index in [1.807, 2.05) is 47.0 Å². The highest BCUT2D eigenvalue weighted by molar-refractivity contribution is 7.16. The van der Waals surface area contributed by atoms with Gasteiger partial charge < -0.3 is 4.57 Å². The van der Waals surface area contributed by atoms with Gasteiger partial charge in [0.05, 0.1) is 16.6 Å². The molecule has 0 aliphatic rings. The van der Waals surface area contributed by atoms with Crippen LogP contribution in [0.5, 0.6) is 0 Å². The highest BCUT2D eigenvalue weighted by Gasteiger charge is 2.08. The van der Waals surface area contributed by atoms with Crippen molar-refractivity contribution in [2.75, 3.05) is 0 Å². The summed E-state index contributed by atoms with van der Waals surface area (Å²) in [5.41, 5.74) is 1.85. The number of rotatable bonds is 4. The summed E-state index contributed by atoms with van der Waals surface area (Å²) in [7, 11) is 0. The molecular weight excluding hydrogens is 328 g/mol. The van der Waals surface area contributed by atoms with Gasteiger partial charge in [-0.2, -0.15) is 4.99 Å². The minimum Gasteiger partial charge on any atom is -0.313 e. The summed E-state index contributed by atoms with van der Waals surface area (Å²) in [6.07, 6.45) is 2.00. The molecule has 0 saturated heterocycles. The van der Waals surface area contributed by atoms with Crippen LogP contribution in [0.1, 0.15) is 5.56 Å². The lowest BCUT2D eigenvalue weighted by atomic mass is 10.1. The van der Waals surface area contributed by atoms with Crippen molar-refractivity contribution >= 4 is 39.1 Å². The van der Waals surface area contributed by atoms with E-state index < -0.39 is 0 Å². The van der Waals surface area contributed by atoms with Gasteiger partial charge in [0.25, 0.3) is 5.91 Å². The fourth-order valence-corrected chi connectivity index (χ4v) is 3.62. The van der Waals surface area contributed by atoms with Crippen molar-refractivity contribution < 1.29 is 4.79 Å². The molecule has 0 aliphatic heterocycles. The van der Waals surface area contributed by atoms with E-state index in [0.717, 1.165) is 15.8 Å². The average Bonchev–Trinajstić information content (AvgIpc) is 2.88. The summed E-state index contributed by atoms with van der Waals surface area (Å²) in [5, 5.41) is 0.589. The quantitative estimate of drug-likeness (QED) is 0.654. The van der Waals surface area contributed by atoms with Gasteiger partial charge in [0, 0.05) is 11.6 Å². The summed E-state index contributed by atoms with van der Waals surface area (Å²) in [6.45, 7) is 4.40. The number of thiazole rings is 1. The molecule has 0 fully saturated rings. The van der Waals surface area contributed by atoms with Gasteiger partial charge >= 0.3 is 0 Å². The molecule has 3 rings (SSSR count). The largest absolute Gasteiger partial charge is 0.313 e. The molecule has 116 valence electrons. The van der Waals surface area contributed by atoms with E-state index in [2.05, 4.69) is 11.6 Å². The molecule has 0 radical (unpaired) electrons. The second kappa shape index (κ2) is 6.94. The topological polar surface area (TPSA) is 34.4 Å². The van der Waals surface area contributed by atoms with E-state index in [9.17, 15) is 4.79 Å². The fourth-order valence-electron chi connectivity index (χ4n) is 2.36. The molecule has 1 amide bonds. The number of carbonyl (C=O) groups is 1. The van der Waals surface area contributed by atoms with Crippen LogP contribution < -0.4 is 4.80 Å². The lowest BCUT2D eigenvalue weighted by Gasteiger charge is -2.01. The Balaban J connectivity index is 2.00. The third-order valence-corrected chi connectivity index (χ3v) is 4.85. The van der Waals surface area contributed by atoms with Crippen LogP contribution in [0.4, 0.5) is 0 Å². The first kappa shape index (κ1) is 15.7. The number of hydrogen-bond acceptors (Lipinski definition) is 2.